The number of rotatable bonds is 9. The van der Waals surface area contributed by atoms with Gasteiger partial charge >= 0.3 is 0 Å². The molecule has 0 aliphatic rings. The van der Waals surface area contributed by atoms with E-state index in [1.54, 1.807) is 12.3 Å². The number of anilines is 1. The number of allylic oxidation sites excluding steroid dienone is 7. The third-order valence-electron chi connectivity index (χ3n) is 3.95. The van der Waals surface area contributed by atoms with Crippen molar-refractivity contribution in [3.8, 4) is 0 Å². The second-order valence-electron chi connectivity index (χ2n) is 6.64. The molecule has 138 valence electrons. The van der Waals surface area contributed by atoms with Gasteiger partial charge in [-0.1, -0.05) is 44.7 Å². The van der Waals surface area contributed by atoms with E-state index in [0.717, 1.165) is 29.2 Å². The summed E-state index contributed by atoms with van der Waals surface area (Å²) in [4.78, 5) is 12.6. The van der Waals surface area contributed by atoms with E-state index in [4.69, 9.17) is 0 Å². The van der Waals surface area contributed by atoms with Gasteiger partial charge < -0.3 is 5.32 Å². The van der Waals surface area contributed by atoms with Gasteiger partial charge in [-0.3, -0.25) is 4.99 Å². The Morgan fingerprint density at radius 3 is 2.54 bits per heavy atom. The molecular weight excluding hydrogens is 320 g/mol. The minimum atomic E-state index is -0.0890. The average Bonchev–Trinajstić information content (AvgIpc) is 2.62. The molecule has 0 fully saturated rings. The highest BCUT2D eigenvalue weighted by Crippen LogP contribution is 2.36. The molecule has 1 aromatic rings. The van der Waals surface area contributed by atoms with E-state index in [-0.39, 0.29) is 5.41 Å². The summed E-state index contributed by atoms with van der Waals surface area (Å²) in [5, 5.41) is 3.22. The Bertz CT molecular complexity index is 735. The summed E-state index contributed by atoms with van der Waals surface area (Å²) in [6.07, 6.45) is 13.8. The zero-order valence-corrected chi connectivity index (χ0v) is 16.6. The second-order valence-corrected chi connectivity index (χ2v) is 6.64. The normalized spacial score (nSPS) is 13.8. The van der Waals surface area contributed by atoms with E-state index in [2.05, 4.69) is 59.4 Å². The fraction of sp³-hybridized carbons (Fsp3) is 0.318. The van der Waals surface area contributed by atoms with Gasteiger partial charge in [-0.2, -0.15) is 0 Å². The molecule has 1 aromatic heterocycles. The molecule has 0 radical (unpaired) electrons. The standard InChI is InChI=1S/C22H30N4/c1-8-19(26-21-13-14-23-16-25-21)12-11-18(17(4)5)15-22(6,7)20(9-2)24-10-3/h8-14,16H,1,4,15H2,2-3,5-7H3,(H,23,25,26)/b18-11+,19-12+,20-9-,24-10?. The Morgan fingerprint density at radius 1 is 1.31 bits per heavy atom. The maximum atomic E-state index is 4.52. The first-order chi connectivity index (χ1) is 12.3. The molecule has 0 saturated heterocycles. The Balaban J connectivity index is 3.07. The van der Waals surface area contributed by atoms with Crippen LogP contribution in [0.25, 0.3) is 0 Å². The number of aliphatic imine (C=N–C) groups is 1. The molecule has 0 spiro atoms. The van der Waals surface area contributed by atoms with Crippen molar-refractivity contribution >= 4 is 12.0 Å². The molecule has 0 unspecified atom stereocenters. The van der Waals surface area contributed by atoms with Crippen LogP contribution in [0.4, 0.5) is 5.82 Å². The first-order valence-electron chi connectivity index (χ1n) is 8.71. The van der Waals surface area contributed by atoms with Crippen molar-refractivity contribution in [3.63, 3.8) is 0 Å². The first kappa shape index (κ1) is 21.3. The van der Waals surface area contributed by atoms with Gasteiger partial charge in [0, 0.05) is 29.2 Å². The van der Waals surface area contributed by atoms with Crippen molar-refractivity contribution in [3.05, 3.63) is 78.6 Å². The van der Waals surface area contributed by atoms with Crippen molar-refractivity contribution < 1.29 is 0 Å². The lowest BCUT2D eigenvalue weighted by Crippen LogP contribution is -2.15. The summed E-state index contributed by atoms with van der Waals surface area (Å²) in [5.74, 6) is 0.727. The number of aromatic nitrogens is 2. The lowest BCUT2D eigenvalue weighted by Gasteiger charge is -2.27. The number of hydrogen-bond donors (Lipinski definition) is 1. The Morgan fingerprint density at radius 2 is 2.04 bits per heavy atom. The predicted molar refractivity (Wildman–Crippen MR) is 113 cm³/mol. The second kappa shape index (κ2) is 10.3. The first-order valence-corrected chi connectivity index (χ1v) is 8.71. The van der Waals surface area contributed by atoms with Crippen LogP contribution in [0.2, 0.25) is 0 Å². The third-order valence-corrected chi connectivity index (χ3v) is 3.95. The highest BCUT2D eigenvalue weighted by Gasteiger charge is 2.24. The zero-order chi connectivity index (χ0) is 19.6. The van der Waals surface area contributed by atoms with Crippen LogP contribution in [-0.2, 0) is 0 Å². The quantitative estimate of drug-likeness (QED) is 0.447. The van der Waals surface area contributed by atoms with Gasteiger partial charge in [-0.05, 0) is 51.0 Å². The van der Waals surface area contributed by atoms with Gasteiger partial charge in [-0.15, -0.1) is 0 Å². The van der Waals surface area contributed by atoms with Crippen molar-refractivity contribution in [2.24, 2.45) is 10.4 Å². The minimum Gasteiger partial charge on any atom is -0.340 e. The average molecular weight is 351 g/mol. The highest BCUT2D eigenvalue weighted by atomic mass is 15.0. The van der Waals surface area contributed by atoms with E-state index >= 15 is 0 Å². The maximum absolute atomic E-state index is 4.52. The summed E-state index contributed by atoms with van der Waals surface area (Å²) >= 11 is 0. The van der Waals surface area contributed by atoms with Gasteiger partial charge in [0.05, 0.1) is 0 Å². The van der Waals surface area contributed by atoms with Gasteiger partial charge in [-0.25, -0.2) is 9.97 Å². The van der Waals surface area contributed by atoms with E-state index in [1.807, 2.05) is 39.1 Å². The summed E-state index contributed by atoms with van der Waals surface area (Å²) in [6, 6.07) is 1.81. The molecule has 0 amide bonds. The molecule has 0 aromatic carbocycles. The number of nitrogens with zero attached hydrogens (tertiary/aromatic N) is 3. The SMILES string of the molecule is C=C/C(=C\C=C(/CC(C)(C)/C(=C/C)N=CC)C(=C)C)Nc1ccncn1. The summed E-state index contributed by atoms with van der Waals surface area (Å²) in [6.45, 7) is 18.4. The van der Waals surface area contributed by atoms with Gasteiger partial charge in [0.2, 0.25) is 0 Å². The molecule has 4 heteroatoms. The van der Waals surface area contributed by atoms with Crippen LogP contribution in [0.5, 0.6) is 0 Å². The number of nitrogens with one attached hydrogen (secondary N) is 1. The molecule has 26 heavy (non-hydrogen) atoms. The van der Waals surface area contributed by atoms with Crippen LogP contribution in [0, 0.1) is 5.41 Å². The van der Waals surface area contributed by atoms with Gasteiger partial charge in [0.15, 0.2) is 0 Å². The van der Waals surface area contributed by atoms with Crippen molar-refractivity contribution in [2.45, 2.75) is 41.0 Å². The molecule has 0 aliphatic carbocycles. The van der Waals surface area contributed by atoms with E-state index in [0.29, 0.717) is 0 Å². The molecule has 0 aliphatic heterocycles. The van der Waals surface area contributed by atoms with Crippen molar-refractivity contribution in [1.82, 2.24) is 9.97 Å². The lowest BCUT2D eigenvalue weighted by molar-refractivity contribution is 0.439. The van der Waals surface area contributed by atoms with Crippen LogP contribution >= 0.6 is 0 Å². The van der Waals surface area contributed by atoms with Crippen LogP contribution in [0.15, 0.2) is 83.6 Å². The van der Waals surface area contributed by atoms with Gasteiger partial charge in [0.25, 0.3) is 0 Å². The van der Waals surface area contributed by atoms with Crippen molar-refractivity contribution in [2.75, 3.05) is 5.32 Å². The monoisotopic (exact) mass is 350 g/mol. The Labute approximate surface area is 157 Å². The van der Waals surface area contributed by atoms with Crippen LogP contribution in [0.1, 0.15) is 41.0 Å². The van der Waals surface area contributed by atoms with E-state index in [1.165, 1.54) is 11.9 Å². The number of hydrogen-bond acceptors (Lipinski definition) is 4. The van der Waals surface area contributed by atoms with Gasteiger partial charge in [0.1, 0.15) is 12.1 Å². The molecule has 4 nitrogen and oxygen atoms in total. The fourth-order valence-corrected chi connectivity index (χ4v) is 2.56. The smallest absolute Gasteiger partial charge is 0.133 e. The largest absolute Gasteiger partial charge is 0.340 e. The molecule has 0 atom stereocenters. The lowest BCUT2D eigenvalue weighted by atomic mass is 9.80. The third kappa shape index (κ3) is 6.63. The molecule has 1 N–H and O–H groups in total. The fourth-order valence-electron chi connectivity index (χ4n) is 2.56. The minimum absolute atomic E-state index is 0.0890. The molecular formula is C22H30N4. The Hall–Kier alpha value is -2.75. The van der Waals surface area contributed by atoms with E-state index < -0.39 is 0 Å². The maximum Gasteiger partial charge on any atom is 0.133 e. The molecule has 0 bridgehead atoms. The molecule has 1 rings (SSSR count). The Kier molecular flexibility index (Phi) is 8.43. The summed E-state index contributed by atoms with van der Waals surface area (Å²) in [7, 11) is 0. The zero-order valence-electron chi connectivity index (χ0n) is 16.6. The summed E-state index contributed by atoms with van der Waals surface area (Å²) < 4.78 is 0. The van der Waals surface area contributed by atoms with Crippen LogP contribution < -0.4 is 5.32 Å². The molecule has 0 saturated carbocycles. The highest BCUT2D eigenvalue weighted by molar-refractivity contribution is 5.55. The summed E-state index contributed by atoms with van der Waals surface area (Å²) in [5.41, 5.74) is 4.05. The molecule has 1 heterocycles. The predicted octanol–water partition coefficient (Wildman–Crippen LogP) is 5.87. The van der Waals surface area contributed by atoms with Crippen LogP contribution in [0.3, 0.4) is 0 Å². The van der Waals surface area contributed by atoms with E-state index in [9.17, 15) is 0 Å². The van der Waals surface area contributed by atoms with Crippen molar-refractivity contribution in [1.29, 1.82) is 0 Å². The topological polar surface area (TPSA) is 50.2 Å². The van der Waals surface area contributed by atoms with Crippen LogP contribution in [-0.4, -0.2) is 16.2 Å².